The Labute approximate surface area is 94.7 Å². The van der Waals surface area contributed by atoms with Crippen molar-refractivity contribution in [1.82, 2.24) is 20.2 Å². The number of aromatic nitrogens is 4. The number of hydrogen-bond donors (Lipinski definition) is 3. The fourth-order valence-electron chi connectivity index (χ4n) is 1.18. The van der Waals surface area contributed by atoms with Crippen molar-refractivity contribution >= 4 is 17.6 Å². The molecule has 0 atom stereocenters. The lowest BCUT2D eigenvalue weighted by Crippen LogP contribution is -2.16. The molecule has 0 aliphatic rings. The first kappa shape index (κ1) is 10.7. The van der Waals surface area contributed by atoms with Crippen molar-refractivity contribution in [3.63, 3.8) is 0 Å². The number of amides is 1. The quantitative estimate of drug-likeness (QED) is 0.693. The second-order valence-electron chi connectivity index (χ2n) is 3.01. The van der Waals surface area contributed by atoms with Crippen LogP contribution in [0.5, 0.6) is 0 Å². The molecule has 0 aliphatic carbocycles. The van der Waals surface area contributed by atoms with Gasteiger partial charge in [0.15, 0.2) is 0 Å². The van der Waals surface area contributed by atoms with Gasteiger partial charge >= 0.3 is 5.97 Å². The Kier molecular flexibility index (Phi) is 2.77. The van der Waals surface area contributed by atoms with Crippen LogP contribution in [-0.4, -0.2) is 37.1 Å². The third-order valence-corrected chi connectivity index (χ3v) is 1.93. The first-order valence-electron chi connectivity index (χ1n) is 4.52. The van der Waals surface area contributed by atoms with Gasteiger partial charge in [-0.3, -0.25) is 14.9 Å². The maximum absolute atomic E-state index is 11.6. The lowest BCUT2D eigenvalue weighted by molar-refractivity contribution is 0.0698. The van der Waals surface area contributed by atoms with E-state index in [4.69, 9.17) is 5.11 Å². The first-order chi connectivity index (χ1) is 8.18. The average molecular weight is 233 g/mol. The molecule has 0 spiro atoms. The smallest absolute Gasteiger partial charge is 0.337 e. The Bertz CT molecular complexity index is 552. The molecule has 0 saturated carbocycles. The minimum absolute atomic E-state index is 0.00908. The number of nitrogens with one attached hydrogen (secondary N) is 2. The van der Waals surface area contributed by atoms with Crippen molar-refractivity contribution in [3.05, 3.63) is 36.2 Å². The van der Waals surface area contributed by atoms with Gasteiger partial charge in [0, 0.05) is 6.20 Å². The van der Waals surface area contributed by atoms with Gasteiger partial charge in [-0.25, -0.2) is 9.78 Å². The van der Waals surface area contributed by atoms with E-state index in [-0.39, 0.29) is 17.1 Å². The van der Waals surface area contributed by atoms with Crippen molar-refractivity contribution in [2.75, 3.05) is 5.32 Å². The van der Waals surface area contributed by atoms with Crippen LogP contribution >= 0.6 is 0 Å². The van der Waals surface area contributed by atoms with Crippen LogP contribution in [0, 0.1) is 0 Å². The van der Waals surface area contributed by atoms with Crippen molar-refractivity contribution < 1.29 is 14.7 Å². The summed E-state index contributed by atoms with van der Waals surface area (Å²) in [6.45, 7) is 0. The second-order valence-corrected chi connectivity index (χ2v) is 3.01. The summed E-state index contributed by atoms with van der Waals surface area (Å²) in [5.74, 6) is -1.75. The van der Waals surface area contributed by atoms with Gasteiger partial charge in [-0.1, -0.05) is 0 Å². The van der Waals surface area contributed by atoms with Crippen LogP contribution in [-0.2, 0) is 0 Å². The molecule has 17 heavy (non-hydrogen) atoms. The zero-order valence-electron chi connectivity index (χ0n) is 8.41. The van der Waals surface area contributed by atoms with E-state index in [2.05, 4.69) is 25.5 Å². The minimum Gasteiger partial charge on any atom is -0.478 e. The topological polar surface area (TPSA) is 121 Å². The summed E-state index contributed by atoms with van der Waals surface area (Å²) in [6, 6.07) is 1.29. The molecule has 2 rings (SSSR count). The van der Waals surface area contributed by atoms with E-state index in [9.17, 15) is 9.59 Å². The molecule has 2 aromatic rings. The molecule has 0 unspecified atom stereocenters. The van der Waals surface area contributed by atoms with Gasteiger partial charge in [0.05, 0.1) is 17.4 Å². The number of rotatable bonds is 3. The van der Waals surface area contributed by atoms with E-state index in [1.54, 1.807) is 0 Å². The molecule has 86 valence electrons. The molecule has 0 bridgehead atoms. The Balaban J connectivity index is 2.25. The number of aromatic amines is 1. The fraction of sp³-hybridized carbons (Fsp3) is 0. The largest absolute Gasteiger partial charge is 0.478 e. The molecule has 0 aliphatic heterocycles. The van der Waals surface area contributed by atoms with Crippen LogP contribution in [0.4, 0.5) is 5.69 Å². The molecule has 0 radical (unpaired) electrons. The number of nitrogens with zero attached hydrogens (tertiary/aromatic N) is 3. The monoisotopic (exact) mass is 233 g/mol. The van der Waals surface area contributed by atoms with Gasteiger partial charge in [-0.15, -0.1) is 0 Å². The standard InChI is InChI=1S/C9H7N5O3/c15-8(7-11-4-12-14-7)13-6-3-10-2-1-5(6)9(16)17/h1-4H,(H,13,15)(H,16,17)(H,11,12,14). The third kappa shape index (κ3) is 2.25. The molecule has 2 heterocycles. The van der Waals surface area contributed by atoms with Crippen molar-refractivity contribution in [1.29, 1.82) is 0 Å². The molecule has 2 aromatic heterocycles. The highest BCUT2D eigenvalue weighted by atomic mass is 16.4. The van der Waals surface area contributed by atoms with Gasteiger partial charge in [0.1, 0.15) is 6.33 Å². The van der Waals surface area contributed by atoms with E-state index >= 15 is 0 Å². The van der Waals surface area contributed by atoms with E-state index in [0.29, 0.717) is 0 Å². The van der Waals surface area contributed by atoms with E-state index in [1.807, 2.05) is 0 Å². The number of carboxylic acids is 1. The Hall–Kier alpha value is -2.77. The lowest BCUT2D eigenvalue weighted by Gasteiger charge is -2.05. The number of aromatic carboxylic acids is 1. The summed E-state index contributed by atoms with van der Waals surface area (Å²) in [5.41, 5.74) is 0.0502. The molecule has 1 amide bonds. The predicted molar refractivity (Wildman–Crippen MR) is 55.5 cm³/mol. The molecule has 0 saturated heterocycles. The maximum atomic E-state index is 11.6. The Morgan fingerprint density at radius 1 is 1.41 bits per heavy atom. The summed E-state index contributed by atoms with van der Waals surface area (Å²) in [6.07, 6.45) is 3.75. The molecule has 0 aromatic carbocycles. The number of carbonyl (C=O) groups excluding carboxylic acids is 1. The van der Waals surface area contributed by atoms with Crippen LogP contribution in [0.3, 0.4) is 0 Å². The predicted octanol–water partition coefficient (Wildman–Crippen LogP) is 0.150. The number of anilines is 1. The van der Waals surface area contributed by atoms with Gasteiger partial charge in [-0.2, -0.15) is 5.10 Å². The SMILES string of the molecule is O=C(Nc1cnccc1C(=O)O)c1ncn[nH]1. The zero-order valence-corrected chi connectivity index (χ0v) is 8.41. The van der Waals surface area contributed by atoms with E-state index in [1.165, 1.54) is 24.8 Å². The lowest BCUT2D eigenvalue weighted by atomic mass is 10.2. The van der Waals surface area contributed by atoms with E-state index < -0.39 is 11.9 Å². The van der Waals surface area contributed by atoms with E-state index in [0.717, 1.165) is 0 Å². The van der Waals surface area contributed by atoms with Crippen LogP contribution in [0.15, 0.2) is 24.8 Å². The number of carboxylic acid groups (broad SMARTS) is 1. The highest BCUT2D eigenvalue weighted by Gasteiger charge is 2.14. The maximum Gasteiger partial charge on any atom is 0.337 e. The van der Waals surface area contributed by atoms with Crippen molar-refractivity contribution in [2.24, 2.45) is 0 Å². The van der Waals surface area contributed by atoms with Gasteiger partial charge in [0.25, 0.3) is 5.91 Å². The molecular formula is C9H7N5O3. The molecule has 0 fully saturated rings. The Morgan fingerprint density at radius 2 is 2.24 bits per heavy atom. The summed E-state index contributed by atoms with van der Waals surface area (Å²) >= 11 is 0. The number of hydrogen-bond acceptors (Lipinski definition) is 5. The van der Waals surface area contributed by atoms with Crippen molar-refractivity contribution in [2.45, 2.75) is 0 Å². The normalized spacial score (nSPS) is 9.88. The average Bonchev–Trinajstić information content (AvgIpc) is 2.83. The van der Waals surface area contributed by atoms with Crippen LogP contribution in [0.2, 0.25) is 0 Å². The number of pyridine rings is 1. The van der Waals surface area contributed by atoms with Gasteiger partial charge in [-0.05, 0) is 6.07 Å². The first-order valence-corrected chi connectivity index (χ1v) is 4.52. The summed E-state index contributed by atoms with van der Waals surface area (Å²) in [5, 5.41) is 17.2. The van der Waals surface area contributed by atoms with Crippen LogP contribution in [0.25, 0.3) is 0 Å². The molecule has 8 nitrogen and oxygen atoms in total. The van der Waals surface area contributed by atoms with Gasteiger partial charge in [0.2, 0.25) is 5.82 Å². The minimum atomic E-state index is -1.15. The number of H-pyrrole nitrogens is 1. The highest BCUT2D eigenvalue weighted by molar-refractivity contribution is 6.05. The third-order valence-electron chi connectivity index (χ3n) is 1.93. The molecule has 8 heteroatoms. The van der Waals surface area contributed by atoms with Crippen LogP contribution < -0.4 is 5.32 Å². The second kappa shape index (κ2) is 4.39. The zero-order chi connectivity index (χ0) is 12.3. The summed E-state index contributed by atoms with van der Waals surface area (Å²) in [4.78, 5) is 29.8. The summed E-state index contributed by atoms with van der Waals surface area (Å²) < 4.78 is 0. The summed E-state index contributed by atoms with van der Waals surface area (Å²) in [7, 11) is 0. The van der Waals surface area contributed by atoms with Gasteiger partial charge < -0.3 is 10.4 Å². The molecule has 3 N–H and O–H groups in total. The van der Waals surface area contributed by atoms with Crippen molar-refractivity contribution in [3.8, 4) is 0 Å². The van der Waals surface area contributed by atoms with Crippen LogP contribution in [0.1, 0.15) is 21.0 Å². The fourth-order valence-corrected chi connectivity index (χ4v) is 1.18. The molecular weight excluding hydrogens is 226 g/mol. The Morgan fingerprint density at radius 3 is 2.88 bits per heavy atom. The highest BCUT2D eigenvalue weighted by Crippen LogP contribution is 2.13. The number of carbonyl (C=O) groups is 2.